The molecule has 0 rings (SSSR count). The van der Waals surface area contributed by atoms with Crippen molar-refractivity contribution >= 4 is 6.72 Å². The molecule has 0 radical (unpaired) electrons. The Morgan fingerprint density at radius 3 is 2.44 bits per heavy atom. The summed E-state index contributed by atoms with van der Waals surface area (Å²) in [5.74, 6) is 0. The van der Waals surface area contributed by atoms with E-state index in [-0.39, 0.29) is 0 Å². The fourth-order valence-corrected chi connectivity index (χ4v) is 0.657. The van der Waals surface area contributed by atoms with Crippen molar-refractivity contribution in [1.82, 2.24) is 0 Å². The zero-order valence-electron chi connectivity index (χ0n) is 6.02. The maximum atomic E-state index is 8.53. The standard InChI is InChI=1S/C7H12N2/c1-4-5-7(2,6-8)9-3/h3-5H2,1-2H3. The lowest BCUT2D eigenvalue weighted by Crippen LogP contribution is -2.17. The molecule has 0 amide bonds. The van der Waals surface area contributed by atoms with Crippen LogP contribution in [-0.4, -0.2) is 12.3 Å². The van der Waals surface area contributed by atoms with Crippen molar-refractivity contribution in [3.63, 3.8) is 0 Å². The quantitative estimate of drug-likeness (QED) is 0.528. The van der Waals surface area contributed by atoms with Crippen LogP contribution in [0.5, 0.6) is 0 Å². The molecular formula is C7H12N2. The van der Waals surface area contributed by atoms with Crippen LogP contribution < -0.4 is 0 Å². The van der Waals surface area contributed by atoms with Crippen molar-refractivity contribution in [1.29, 1.82) is 5.26 Å². The van der Waals surface area contributed by atoms with E-state index in [0.29, 0.717) is 0 Å². The first-order chi connectivity index (χ1) is 4.18. The Kier molecular flexibility index (Phi) is 2.94. The molecule has 50 valence electrons. The molecule has 0 heterocycles. The molecule has 0 aromatic rings. The van der Waals surface area contributed by atoms with Gasteiger partial charge in [0.1, 0.15) is 5.54 Å². The third kappa shape index (κ3) is 2.27. The molecule has 2 heteroatoms. The second-order valence-corrected chi connectivity index (χ2v) is 2.29. The molecule has 0 aromatic carbocycles. The van der Waals surface area contributed by atoms with E-state index in [4.69, 9.17) is 5.26 Å². The Morgan fingerprint density at radius 2 is 2.33 bits per heavy atom. The lowest BCUT2D eigenvalue weighted by atomic mass is 10.00. The van der Waals surface area contributed by atoms with Crippen molar-refractivity contribution in [2.45, 2.75) is 32.2 Å². The highest BCUT2D eigenvalue weighted by molar-refractivity contribution is 5.28. The largest absolute Gasteiger partial charge is 0.279 e. The number of hydrogen-bond acceptors (Lipinski definition) is 2. The van der Waals surface area contributed by atoms with Crippen molar-refractivity contribution < 1.29 is 0 Å². The molecule has 0 saturated heterocycles. The number of hydrogen-bond donors (Lipinski definition) is 0. The van der Waals surface area contributed by atoms with Crippen molar-refractivity contribution in [3.05, 3.63) is 0 Å². The van der Waals surface area contributed by atoms with E-state index in [2.05, 4.69) is 17.8 Å². The van der Waals surface area contributed by atoms with Crippen LogP contribution in [0.4, 0.5) is 0 Å². The van der Waals surface area contributed by atoms with Gasteiger partial charge in [-0.3, -0.25) is 4.99 Å². The van der Waals surface area contributed by atoms with E-state index in [0.717, 1.165) is 12.8 Å². The summed E-state index contributed by atoms with van der Waals surface area (Å²) in [4.78, 5) is 3.72. The molecule has 9 heavy (non-hydrogen) atoms. The molecule has 1 atom stereocenters. The van der Waals surface area contributed by atoms with Crippen LogP contribution in [0, 0.1) is 11.3 Å². The Balaban J connectivity index is 3.96. The van der Waals surface area contributed by atoms with Gasteiger partial charge in [0.05, 0.1) is 6.07 Å². The molecule has 0 aliphatic rings. The van der Waals surface area contributed by atoms with Gasteiger partial charge in [-0.25, -0.2) is 0 Å². The molecule has 0 aliphatic carbocycles. The minimum absolute atomic E-state index is 0.547. The highest BCUT2D eigenvalue weighted by Gasteiger charge is 2.18. The van der Waals surface area contributed by atoms with Gasteiger partial charge in [0.25, 0.3) is 0 Å². The summed E-state index contributed by atoms with van der Waals surface area (Å²) in [7, 11) is 0. The van der Waals surface area contributed by atoms with E-state index in [9.17, 15) is 0 Å². The third-order valence-electron chi connectivity index (χ3n) is 1.33. The summed E-state index contributed by atoms with van der Waals surface area (Å²) in [6.45, 7) is 7.17. The molecule has 0 bridgehead atoms. The van der Waals surface area contributed by atoms with E-state index >= 15 is 0 Å². The van der Waals surface area contributed by atoms with E-state index < -0.39 is 5.54 Å². The number of rotatable bonds is 3. The van der Waals surface area contributed by atoms with Crippen LogP contribution in [0.25, 0.3) is 0 Å². The van der Waals surface area contributed by atoms with Gasteiger partial charge in [0.15, 0.2) is 0 Å². The lowest BCUT2D eigenvalue weighted by Gasteiger charge is -2.12. The van der Waals surface area contributed by atoms with Gasteiger partial charge in [-0.1, -0.05) is 13.3 Å². The zero-order chi connectivity index (χ0) is 7.33. The Bertz CT molecular complexity index is 134. The second-order valence-electron chi connectivity index (χ2n) is 2.29. The van der Waals surface area contributed by atoms with E-state index in [1.54, 1.807) is 6.92 Å². The lowest BCUT2D eigenvalue weighted by molar-refractivity contribution is 0.544. The second kappa shape index (κ2) is 3.24. The first-order valence-electron chi connectivity index (χ1n) is 3.07. The Hall–Kier alpha value is -0.840. The molecule has 0 aliphatic heterocycles. The van der Waals surface area contributed by atoms with Gasteiger partial charge < -0.3 is 0 Å². The highest BCUT2D eigenvalue weighted by atomic mass is 14.8. The van der Waals surface area contributed by atoms with Crippen molar-refractivity contribution in [3.8, 4) is 6.07 Å². The van der Waals surface area contributed by atoms with Crippen LogP contribution in [0.15, 0.2) is 4.99 Å². The Morgan fingerprint density at radius 1 is 1.78 bits per heavy atom. The molecule has 1 unspecified atom stereocenters. The van der Waals surface area contributed by atoms with Gasteiger partial charge in [-0.2, -0.15) is 5.26 Å². The average molecular weight is 124 g/mol. The summed E-state index contributed by atoms with van der Waals surface area (Å²) in [6, 6.07) is 2.10. The van der Waals surface area contributed by atoms with Crippen molar-refractivity contribution in [2.24, 2.45) is 4.99 Å². The van der Waals surface area contributed by atoms with Crippen LogP contribution in [0.1, 0.15) is 26.7 Å². The zero-order valence-corrected chi connectivity index (χ0v) is 6.02. The monoisotopic (exact) mass is 124 g/mol. The maximum Gasteiger partial charge on any atom is 0.143 e. The fraction of sp³-hybridized carbons (Fsp3) is 0.714. The van der Waals surface area contributed by atoms with Crippen LogP contribution >= 0.6 is 0 Å². The maximum absolute atomic E-state index is 8.53. The van der Waals surface area contributed by atoms with Gasteiger partial charge in [0.2, 0.25) is 0 Å². The number of nitriles is 1. The average Bonchev–Trinajstić information content (AvgIpc) is 1.89. The SMILES string of the molecule is C=NC(C)(C#N)CCC. The summed E-state index contributed by atoms with van der Waals surface area (Å²) in [5.41, 5.74) is -0.547. The highest BCUT2D eigenvalue weighted by Crippen LogP contribution is 2.14. The normalized spacial score (nSPS) is 15.7. The summed E-state index contributed by atoms with van der Waals surface area (Å²) in [5, 5.41) is 8.53. The van der Waals surface area contributed by atoms with Gasteiger partial charge in [0, 0.05) is 0 Å². The predicted octanol–water partition coefficient (Wildman–Crippen LogP) is 1.77. The van der Waals surface area contributed by atoms with E-state index in [1.807, 2.05) is 6.92 Å². The summed E-state index contributed by atoms with van der Waals surface area (Å²) >= 11 is 0. The third-order valence-corrected chi connectivity index (χ3v) is 1.33. The molecule has 2 nitrogen and oxygen atoms in total. The topological polar surface area (TPSA) is 36.1 Å². The first kappa shape index (κ1) is 8.16. The summed E-state index contributed by atoms with van der Waals surface area (Å²) in [6.07, 6.45) is 1.77. The molecule has 0 spiro atoms. The van der Waals surface area contributed by atoms with Crippen molar-refractivity contribution in [2.75, 3.05) is 0 Å². The van der Waals surface area contributed by atoms with Gasteiger partial charge >= 0.3 is 0 Å². The van der Waals surface area contributed by atoms with Crippen LogP contribution in [-0.2, 0) is 0 Å². The number of nitrogens with zero attached hydrogens (tertiary/aromatic N) is 2. The summed E-state index contributed by atoms with van der Waals surface area (Å²) < 4.78 is 0. The minimum atomic E-state index is -0.547. The Labute approximate surface area is 56.2 Å². The molecule has 0 aromatic heterocycles. The van der Waals surface area contributed by atoms with Gasteiger partial charge in [-0.15, -0.1) is 0 Å². The molecule has 0 N–H and O–H groups in total. The fourth-order valence-electron chi connectivity index (χ4n) is 0.657. The number of aliphatic imine (C=N–C) groups is 1. The van der Waals surface area contributed by atoms with E-state index in [1.165, 1.54) is 0 Å². The predicted molar refractivity (Wildman–Crippen MR) is 38.5 cm³/mol. The molecule has 0 saturated carbocycles. The van der Waals surface area contributed by atoms with Gasteiger partial charge in [-0.05, 0) is 20.1 Å². The van der Waals surface area contributed by atoms with Crippen LogP contribution in [0.2, 0.25) is 0 Å². The molecule has 0 fully saturated rings. The molecular weight excluding hydrogens is 112 g/mol. The minimum Gasteiger partial charge on any atom is -0.279 e. The van der Waals surface area contributed by atoms with Crippen LogP contribution in [0.3, 0.4) is 0 Å². The smallest absolute Gasteiger partial charge is 0.143 e. The first-order valence-corrected chi connectivity index (χ1v) is 3.07.